The highest BCUT2D eigenvalue weighted by atomic mass is 32.2. The Morgan fingerprint density at radius 1 is 1.35 bits per heavy atom. The maximum Gasteiger partial charge on any atom is 0.242 e. The Balaban J connectivity index is 2.32. The number of rotatable bonds is 3. The van der Waals surface area contributed by atoms with Crippen molar-refractivity contribution < 1.29 is 4.79 Å². The molecule has 106 valence electrons. The van der Waals surface area contributed by atoms with Crippen molar-refractivity contribution in [3.05, 3.63) is 28.7 Å². The number of benzene rings is 1. The van der Waals surface area contributed by atoms with Crippen LogP contribution >= 0.6 is 11.8 Å². The van der Waals surface area contributed by atoms with Gasteiger partial charge in [-0.1, -0.05) is 25.6 Å². The standard InChI is InChI=1S/C14H17N3O2S/c1-8(2)12-13(18)17(4)14(20-12)15-11-6-5-10(16-19)7-9(11)3/h5-8,12H,1-4H3. The summed E-state index contributed by atoms with van der Waals surface area (Å²) in [5.74, 6) is 0.359. The average Bonchev–Trinajstić information content (AvgIpc) is 2.69. The first-order chi connectivity index (χ1) is 9.43. The van der Waals surface area contributed by atoms with Crippen LogP contribution in [0.1, 0.15) is 19.4 Å². The van der Waals surface area contributed by atoms with Crippen molar-refractivity contribution in [1.29, 1.82) is 0 Å². The van der Waals surface area contributed by atoms with Crippen LogP contribution in [0.4, 0.5) is 11.4 Å². The van der Waals surface area contributed by atoms with Crippen molar-refractivity contribution in [3.8, 4) is 0 Å². The molecule has 1 atom stereocenters. The number of carbonyl (C=O) groups is 1. The largest absolute Gasteiger partial charge is 0.293 e. The van der Waals surface area contributed by atoms with E-state index < -0.39 is 0 Å². The predicted molar refractivity (Wildman–Crippen MR) is 82.7 cm³/mol. The highest BCUT2D eigenvalue weighted by Gasteiger charge is 2.37. The van der Waals surface area contributed by atoms with Crippen LogP contribution in [0.25, 0.3) is 0 Å². The molecule has 0 radical (unpaired) electrons. The first kappa shape index (κ1) is 14.7. The summed E-state index contributed by atoms with van der Waals surface area (Å²) in [4.78, 5) is 28.7. The van der Waals surface area contributed by atoms with Crippen molar-refractivity contribution in [1.82, 2.24) is 4.90 Å². The molecule has 5 nitrogen and oxygen atoms in total. The molecule has 1 aliphatic rings. The van der Waals surface area contributed by atoms with E-state index in [0.29, 0.717) is 10.9 Å². The summed E-state index contributed by atoms with van der Waals surface area (Å²) < 4.78 is 0. The number of amides is 1. The zero-order valence-corrected chi connectivity index (χ0v) is 12.8. The van der Waals surface area contributed by atoms with E-state index in [2.05, 4.69) is 10.2 Å². The van der Waals surface area contributed by atoms with Gasteiger partial charge in [-0.05, 0) is 41.8 Å². The maximum atomic E-state index is 12.1. The molecule has 1 aliphatic heterocycles. The van der Waals surface area contributed by atoms with Gasteiger partial charge in [0.15, 0.2) is 5.17 Å². The second kappa shape index (κ2) is 5.75. The minimum absolute atomic E-state index is 0.0741. The van der Waals surface area contributed by atoms with Crippen molar-refractivity contribution in [2.24, 2.45) is 16.1 Å². The molecule has 6 heteroatoms. The van der Waals surface area contributed by atoms with E-state index in [-0.39, 0.29) is 17.1 Å². The fourth-order valence-electron chi connectivity index (χ4n) is 1.98. The number of amidine groups is 1. The molecule has 1 heterocycles. The maximum absolute atomic E-state index is 12.1. The summed E-state index contributed by atoms with van der Waals surface area (Å²) in [5.41, 5.74) is 2.00. The Bertz CT molecular complexity index is 584. The molecule has 0 saturated carbocycles. The van der Waals surface area contributed by atoms with Gasteiger partial charge in [-0.2, -0.15) is 0 Å². The number of thioether (sulfide) groups is 1. The summed E-state index contributed by atoms with van der Waals surface area (Å²) in [6.07, 6.45) is 0. The zero-order chi connectivity index (χ0) is 14.9. The molecule has 1 unspecified atom stereocenters. The molecule has 2 rings (SSSR count). The van der Waals surface area contributed by atoms with E-state index in [4.69, 9.17) is 0 Å². The van der Waals surface area contributed by atoms with Crippen LogP contribution in [0.3, 0.4) is 0 Å². The number of hydrogen-bond donors (Lipinski definition) is 0. The van der Waals surface area contributed by atoms with Gasteiger partial charge in [-0.25, -0.2) is 4.99 Å². The molecule has 20 heavy (non-hydrogen) atoms. The van der Waals surface area contributed by atoms with Gasteiger partial charge >= 0.3 is 0 Å². The van der Waals surface area contributed by atoms with Crippen molar-refractivity contribution in [2.75, 3.05) is 7.05 Å². The molecule has 0 aliphatic carbocycles. The lowest BCUT2D eigenvalue weighted by molar-refractivity contribution is -0.125. The number of aliphatic imine (C=N–C) groups is 1. The summed E-state index contributed by atoms with van der Waals surface area (Å²) >= 11 is 1.49. The van der Waals surface area contributed by atoms with Gasteiger partial charge in [-0.3, -0.25) is 9.69 Å². The van der Waals surface area contributed by atoms with E-state index in [1.54, 1.807) is 30.1 Å². The summed E-state index contributed by atoms with van der Waals surface area (Å²) in [5, 5.41) is 3.52. The summed E-state index contributed by atoms with van der Waals surface area (Å²) in [7, 11) is 1.74. The van der Waals surface area contributed by atoms with Crippen molar-refractivity contribution >= 4 is 34.2 Å². The SMILES string of the molecule is Cc1cc(N=O)ccc1N=C1SC(C(C)C)C(=O)N1C. The molecule has 0 N–H and O–H groups in total. The summed E-state index contributed by atoms with van der Waals surface area (Å²) in [6.45, 7) is 5.93. The number of hydrogen-bond acceptors (Lipinski definition) is 5. The number of nitroso groups, excluding NO2 is 1. The lowest BCUT2D eigenvalue weighted by Crippen LogP contribution is -2.30. The second-order valence-corrected chi connectivity index (χ2v) is 6.24. The molecular formula is C14H17N3O2S. The van der Waals surface area contributed by atoms with Crippen LogP contribution in [-0.4, -0.2) is 28.3 Å². The van der Waals surface area contributed by atoms with Gasteiger partial charge in [0.05, 0.1) is 10.9 Å². The minimum Gasteiger partial charge on any atom is -0.293 e. The number of nitrogens with zero attached hydrogens (tertiary/aromatic N) is 3. The lowest BCUT2D eigenvalue weighted by atomic mass is 10.1. The molecule has 0 aromatic heterocycles. The third-order valence-corrected chi connectivity index (χ3v) is 4.78. The monoisotopic (exact) mass is 291 g/mol. The molecule has 1 aromatic carbocycles. The fraction of sp³-hybridized carbons (Fsp3) is 0.429. The Morgan fingerprint density at radius 3 is 2.55 bits per heavy atom. The quantitative estimate of drug-likeness (QED) is 0.799. The van der Waals surface area contributed by atoms with Crippen molar-refractivity contribution in [2.45, 2.75) is 26.0 Å². The minimum atomic E-state index is -0.0741. The van der Waals surface area contributed by atoms with E-state index in [0.717, 1.165) is 11.3 Å². The molecule has 1 aromatic rings. The Labute approximate surface area is 122 Å². The fourth-order valence-corrected chi connectivity index (χ4v) is 3.13. The first-order valence-electron chi connectivity index (χ1n) is 6.41. The van der Waals surface area contributed by atoms with Gasteiger partial charge in [0.1, 0.15) is 5.69 Å². The van der Waals surface area contributed by atoms with Crippen LogP contribution in [0, 0.1) is 17.7 Å². The number of carbonyl (C=O) groups excluding carboxylic acids is 1. The molecular weight excluding hydrogens is 274 g/mol. The molecule has 1 amide bonds. The predicted octanol–water partition coefficient (Wildman–Crippen LogP) is 3.61. The smallest absolute Gasteiger partial charge is 0.242 e. The second-order valence-electron chi connectivity index (χ2n) is 5.14. The highest BCUT2D eigenvalue weighted by molar-refractivity contribution is 8.15. The molecule has 0 spiro atoms. The molecule has 0 bridgehead atoms. The summed E-state index contributed by atoms with van der Waals surface area (Å²) in [6, 6.07) is 5.06. The van der Waals surface area contributed by atoms with E-state index in [1.807, 2.05) is 20.8 Å². The van der Waals surface area contributed by atoms with E-state index >= 15 is 0 Å². The first-order valence-corrected chi connectivity index (χ1v) is 7.29. The topological polar surface area (TPSA) is 62.1 Å². The normalized spacial score (nSPS) is 21.1. The lowest BCUT2D eigenvalue weighted by Gasteiger charge is -2.10. The van der Waals surface area contributed by atoms with Crippen LogP contribution in [0.5, 0.6) is 0 Å². The molecule has 1 fully saturated rings. The highest BCUT2D eigenvalue weighted by Crippen LogP contribution is 2.34. The Hall–Kier alpha value is -1.69. The van der Waals surface area contributed by atoms with Crippen LogP contribution in [0.2, 0.25) is 0 Å². The van der Waals surface area contributed by atoms with Gasteiger partial charge in [-0.15, -0.1) is 4.91 Å². The van der Waals surface area contributed by atoms with Gasteiger partial charge in [0.2, 0.25) is 5.91 Å². The zero-order valence-electron chi connectivity index (χ0n) is 12.0. The van der Waals surface area contributed by atoms with E-state index in [1.165, 1.54) is 11.8 Å². The average molecular weight is 291 g/mol. The third-order valence-electron chi connectivity index (χ3n) is 3.20. The Morgan fingerprint density at radius 2 is 2.05 bits per heavy atom. The van der Waals surface area contributed by atoms with Gasteiger partial charge in [0.25, 0.3) is 0 Å². The van der Waals surface area contributed by atoms with Crippen LogP contribution in [0.15, 0.2) is 28.4 Å². The van der Waals surface area contributed by atoms with Crippen LogP contribution < -0.4 is 0 Å². The number of aryl methyl sites for hydroxylation is 1. The van der Waals surface area contributed by atoms with Gasteiger partial charge < -0.3 is 0 Å². The Kier molecular flexibility index (Phi) is 4.23. The molecule has 1 saturated heterocycles. The third kappa shape index (κ3) is 2.75. The van der Waals surface area contributed by atoms with E-state index in [9.17, 15) is 9.70 Å². The van der Waals surface area contributed by atoms with Crippen molar-refractivity contribution in [3.63, 3.8) is 0 Å². The van der Waals surface area contributed by atoms with Crippen LogP contribution in [-0.2, 0) is 4.79 Å². The van der Waals surface area contributed by atoms with Gasteiger partial charge in [0, 0.05) is 7.05 Å².